The maximum absolute atomic E-state index is 9.22. The Balaban J connectivity index is 2.55. The Kier molecular flexibility index (Phi) is 4.67. The summed E-state index contributed by atoms with van der Waals surface area (Å²) in [5.41, 5.74) is 1.23. The molecule has 14 heavy (non-hydrogen) atoms. The fourth-order valence-corrected chi connectivity index (χ4v) is 2.36. The maximum atomic E-state index is 9.22. The molecular formula is C13H24O. The molecule has 0 aromatic carbocycles. The van der Waals surface area contributed by atoms with Gasteiger partial charge in [0.1, 0.15) is 0 Å². The number of rotatable bonds is 3. The fraction of sp³-hybridized carbons (Fsp3) is 0.846. The molecule has 0 aliphatic heterocycles. The molecule has 0 aromatic heterocycles. The molecule has 0 aromatic rings. The Morgan fingerprint density at radius 1 is 1.43 bits per heavy atom. The molecule has 1 heteroatoms. The zero-order chi connectivity index (χ0) is 10.6. The van der Waals surface area contributed by atoms with Gasteiger partial charge in [0.25, 0.3) is 0 Å². The van der Waals surface area contributed by atoms with Crippen molar-refractivity contribution in [3.8, 4) is 0 Å². The highest BCUT2D eigenvalue weighted by atomic mass is 16.3. The summed E-state index contributed by atoms with van der Waals surface area (Å²) in [5.74, 6) is 2.10. The minimum Gasteiger partial charge on any atom is -0.392 e. The summed E-state index contributed by atoms with van der Waals surface area (Å²) in [6.45, 7) is 6.90. The molecule has 0 bridgehead atoms. The molecule has 0 saturated heterocycles. The van der Waals surface area contributed by atoms with E-state index in [4.69, 9.17) is 0 Å². The molecular weight excluding hydrogens is 172 g/mol. The maximum Gasteiger partial charge on any atom is 0.0644 e. The van der Waals surface area contributed by atoms with E-state index in [2.05, 4.69) is 26.8 Å². The lowest BCUT2D eigenvalue weighted by atomic mass is 9.81. The van der Waals surface area contributed by atoms with E-state index >= 15 is 0 Å². The highest BCUT2D eigenvalue weighted by Gasteiger charge is 2.17. The van der Waals surface area contributed by atoms with Gasteiger partial charge in [-0.2, -0.15) is 0 Å². The number of allylic oxidation sites excluding steroid dienone is 1. The second-order valence-electron chi connectivity index (χ2n) is 5.09. The smallest absolute Gasteiger partial charge is 0.0644 e. The molecule has 1 rings (SSSR count). The van der Waals surface area contributed by atoms with Crippen LogP contribution in [0.15, 0.2) is 11.6 Å². The Labute approximate surface area is 88.2 Å². The second kappa shape index (κ2) is 5.55. The lowest BCUT2D eigenvalue weighted by molar-refractivity contribution is 0.303. The monoisotopic (exact) mass is 196 g/mol. The number of hydrogen-bond acceptors (Lipinski definition) is 1. The normalized spacial score (nSPS) is 29.6. The third kappa shape index (κ3) is 3.45. The molecule has 1 fully saturated rings. The molecule has 1 aliphatic carbocycles. The minimum absolute atomic E-state index is 0.239. The Morgan fingerprint density at radius 2 is 2.14 bits per heavy atom. The van der Waals surface area contributed by atoms with Gasteiger partial charge in [0.2, 0.25) is 0 Å². The van der Waals surface area contributed by atoms with E-state index in [0.29, 0.717) is 5.92 Å². The largest absolute Gasteiger partial charge is 0.392 e. The zero-order valence-electron chi connectivity index (χ0n) is 9.79. The third-order valence-corrected chi connectivity index (χ3v) is 3.35. The van der Waals surface area contributed by atoms with Crippen LogP contribution in [0.2, 0.25) is 0 Å². The van der Waals surface area contributed by atoms with Crippen LogP contribution in [0.3, 0.4) is 0 Å². The standard InChI is InChI=1S/C13H24O/c1-10(2)13(9-14)8-12-6-4-5-11(3)7-12/h8,10-12,14H,4-7,9H2,1-3H3/b13-8-. The van der Waals surface area contributed by atoms with Crippen molar-refractivity contribution in [3.05, 3.63) is 11.6 Å². The molecule has 0 heterocycles. The van der Waals surface area contributed by atoms with Crippen molar-refractivity contribution in [1.82, 2.24) is 0 Å². The number of hydrogen-bond donors (Lipinski definition) is 1. The van der Waals surface area contributed by atoms with E-state index in [-0.39, 0.29) is 6.61 Å². The minimum atomic E-state index is 0.239. The summed E-state index contributed by atoms with van der Waals surface area (Å²) in [6.07, 6.45) is 7.72. The lowest BCUT2D eigenvalue weighted by Crippen LogP contribution is -2.13. The first-order chi connectivity index (χ1) is 6.63. The molecule has 1 N–H and O–H groups in total. The van der Waals surface area contributed by atoms with Gasteiger partial charge < -0.3 is 5.11 Å². The van der Waals surface area contributed by atoms with Crippen molar-refractivity contribution in [2.75, 3.05) is 6.61 Å². The molecule has 1 saturated carbocycles. The summed E-state index contributed by atoms with van der Waals surface area (Å²) in [6, 6.07) is 0. The Morgan fingerprint density at radius 3 is 2.64 bits per heavy atom. The molecule has 2 unspecified atom stereocenters. The average molecular weight is 196 g/mol. The van der Waals surface area contributed by atoms with Crippen molar-refractivity contribution >= 4 is 0 Å². The van der Waals surface area contributed by atoms with Crippen LogP contribution >= 0.6 is 0 Å². The lowest BCUT2D eigenvalue weighted by Gasteiger charge is -2.25. The molecule has 1 aliphatic rings. The number of aliphatic hydroxyl groups excluding tert-OH is 1. The molecule has 82 valence electrons. The molecule has 0 radical (unpaired) electrons. The van der Waals surface area contributed by atoms with Crippen LogP contribution < -0.4 is 0 Å². The van der Waals surface area contributed by atoms with Gasteiger partial charge in [-0.3, -0.25) is 0 Å². The van der Waals surface area contributed by atoms with Crippen LogP contribution in [0.5, 0.6) is 0 Å². The van der Waals surface area contributed by atoms with Gasteiger partial charge in [0.05, 0.1) is 6.61 Å². The molecule has 0 amide bonds. The van der Waals surface area contributed by atoms with E-state index in [1.165, 1.54) is 31.3 Å². The van der Waals surface area contributed by atoms with Crippen molar-refractivity contribution in [2.45, 2.75) is 46.5 Å². The summed E-state index contributed by atoms with van der Waals surface area (Å²) in [7, 11) is 0. The Hall–Kier alpha value is -0.300. The first kappa shape index (κ1) is 11.8. The van der Waals surface area contributed by atoms with E-state index in [9.17, 15) is 5.11 Å². The van der Waals surface area contributed by atoms with Crippen molar-refractivity contribution in [1.29, 1.82) is 0 Å². The zero-order valence-corrected chi connectivity index (χ0v) is 9.79. The van der Waals surface area contributed by atoms with Gasteiger partial charge in [-0.1, -0.05) is 39.7 Å². The van der Waals surface area contributed by atoms with Gasteiger partial charge in [0.15, 0.2) is 0 Å². The van der Waals surface area contributed by atoms with Gasteiger partial charge in [0, 0.05) is 0 Å². The summed E-state index contributed by atoms with van der Waals surface area (Å²) in [4.78, 5) is 0. The van der Waals surface area contributed by atoms with E-state index in [1.807, 2.05) is 0 Å². The Bertz CT molecular complexity index is 193. The van der Waals surface area contributed by atoms with Crippen LogP contribution in [0.4, 0.5) is 0 Å². The second-order valence-corrected chi connectivity index (χ2v) is 5.09. The molecule has 2 atom stereocenters. The molecule has 1 nitrogen and oxygen atoms in total. The van der Waals surface area contributed by atoms with Gasteiger partial charge >= 0.3 is 0 Å². The van der Waals surface area contributed by atoms with Crippen LogP contribution in [0, 0.1) is 17.8 Å². The predicted octanol–water partition coefficient (Wildman–Crippen LogP) is 3.39. The van der Waals surface area contributed by atoms with Gasteiger partial charge in [-0.05, 0) is 36.2 Å². The SMILES string of the molecule is CC1CCCC(/C=C(/CO)C(C)C)C1. The van der Waals surface area contributed by atoms with Crippen LogP contribution in [0.1, 0.15) is 46.5 Å². The topological polar surface area (TPSA) is 20.2 Å². The predicted molar refractivity (Wildman–Crippen MR) is 61.1 cm³/mol. The van der Waals surface area contributed by atoms with E-state index < -0.39 is 0 Å². The first-order valence-corrected chi connectivity index (χ1v) is 5.95. The first-order valence-electron chi connectivity index (χ1n) is 5.95. The summed E-state index contributed by atoms with van der Waals surface area (Å²) in [5, 5.41) is 9.22. The van der Waals surface area contributed by atoms with Gasteiger partial charge in [-0.15, -0.1) is 0 Å². The fourth-order valence-electron chi connectivity index (χ4n) is 2.36. The van der Waals surface area contributed by atoms with Crippen LogP contribution in [-0.4, -0.2) is 11.7 Å². The number of aliphatic hydroxyl groups is 1. The van der Waals surface area contributed by atoms with E-state index in [0.717, 1.165) is 11.8 Å². The summed E-state index contributed by atoms with van der Waals surface area (Å²) < 4.78 is 0. The van der Waals surface area contributed by atoms with E-state index in [1.54, 1.807) is 0 Å². The van der Waals surface area contributed by atoms with Crippen LogP contribution in [0.25, 0.3) is 0 Å². The van der Waals surface area contributed by atoms with Crippen LogP contribution in [-0.2, 0) is 0 Å². The molecule has 0 spiro atoms. The average Bonchev–Trinajstić information content (AvgIpc) is 2.14. The van der Waals surface area contributed by atoms with Crippen molar-refractivity contribution in [2.24, 2.45) is 17.8 Å². The third-order valence-electron chi connectivity index (χ3n) is 3.35. The summed E-state index contributed by atoms with van der Waals surface area (Å²) >= 11 is 0. The van der Waals surface area contributed by atoms with Gasteiger partial charge in [-0.25, -0.2) is 0 Å². The highest BCUT2D eigenvalue weighted by Crippen LogP contribution is 2.30. The van der Waals surface area contributed by atoms with Crippen molar-refractivity contribution < 1.29 is 5.11 Å². The highest BCUT2D eigenvalue weighted by molar-refractivity contribution is 5.07. The quantitative estimate of drug-likeness (QED) is 0.686. The van der Waals surface area contributed by atoms with Crippen molar-refractivity contribution in [3.63, 3.8) is 0 Å².